The van der Waals surface area contributed by atoms with Crippen molar-refractivity contribution in [3.63, 3.8) is 0 Å². The van der Waals surface area contributed by atoms with Gasteiger partial charge in [-0.3, -0.25) is 4.79 Å². The maximum atomic E-state index is 15.3. The van der Waals surface area contributed by atoms with Crippen LogP contribution in [-0.2, 0) is 5.54 Å². The number of piperidine rings is 1. The third-order valence-corrected chi connectivity index (χ3v) is 8.64. The van der Waals surface area contributed by atoms with E-state index in [9.17, 15) is 4.79 Å². The Morgan fingerprint density at radius 2 is 1.93 bits per heavy atom. The Hall–Kier alpha value is -3.63. The van der Waals surface area contributed by atoms with Gasteiger partial charge in [-0.2, -0.15) is 4.98 Å². The largest absolute Gasteiger partial charge is 0.494 e. The average Bonchev–Trinajstić information content (AvgIpc) is 3.73. The van der Waals surface area contributed by atoms with Crippen LogP contribution in [0.3, 0.4) is 0 Å². The van der Waals surface area contributed by atoms with Crippen molar-refractivity contribution in [2.24, 2.45) is 0 Å². The Balaban J connectivity index is 1.24. The molecule has 0 atom stereocenters. The lowest BCUT2D eigenvalue weighted by Crippen LogP contribution is -2.42. The lowest BCUT2D eigenvalue weighted by molar-refractivity contribution is 0.0753. The maximum absolute atomic E-state index is 15.3. The van der Waals surface area contributed by atoms with Crippen LogP contribution in [0.15, 0.2) is 36.5 Å². The first-order chi connectivity index (χ1) is 19.2. The molecule has 1 N–H and O–H groups in total. The zero-order chi connectivity index (χ0) is 28.2. The molecule has 210 valence electrons. The highest BCUT2D eigenvalue weighted by Gasteiger charge is 2.57. The van der Waals surface area contributed by atoms with Crippen LogP contribution < -0.4 is 19.7 Å². The molecule has 2 fully saturated rings. The third kappa shape index (κ3) is 4.49. The molecular formula is C29H32ClFN6O3. The summed E-state index contributed by atoms with van der Waals surface area (Å²) in [6.45, 7) is 1.53. The molecule has 1 amide bonds. The van der Waals surface area contributed by atoms with Crippen LogP contribution in [0.25, 0.3) is 0 Å². The van der Waals surface area contributed by atoms with E-state index in [-0.39, 0.29) is 34.1 Å². The van der Waals surface area contributed by atoms with Crippen LogP contribution in [0.5, 0.6) is 17.4 Å². The highest BCUT2D eigenvalue weighted by atomic mass is 35.5. The van der Waals surface area contributed by atoms with E-state index in [4.69, 9.17) is 21.1 Å². The lowest BCUT2D eigenvalue weighted by Gasteiger charge is -2.36. The first-order valence-corrected chi connectivity index (χ1v) is 13.8. The molecular weight excluding hydrogens is 535 g/mol. The summed E-state index contributed by atoms with van der Waals surface area (Å²) < 4.78 is 27.0. The fourth-order valence-corrected chi connectivity index (χ4v) is 6.00. The number of methoxy groups -OCH3 is 1. The van der Waals surface area contributed by atoms with Crippen molar-refractivity contribution in [1.82, 2.24) is 19.8 Å². The SMILES string of the molecule is COc1cc(N2CCC(N(C)C)CC2)c(F)cc1Nc1ncc(Cl)c(Oc2cccc3c2C(=O)N(C)C32CC2)n1. The van der Waals surface area contributed by atoms with Gasteiger partial charge in [0, 0.05) is 38.3 Å². The number of halogens is 2. The minimum absolute atomic E-state index is 0.0830. The number of aromatic nitrogens is 2. The van der Waals surface area contributed by atoms with Crippen molar-refractivity contribution in [3.05, 3.63) is 58.5 Å². The smallest absolute Gasteiger partial charge is 0.258 e. The van der Waals surface area contributed by atoms with Gasteiger partial charge in [0.2, 0.25) is 11.8 Å². The van der Waals surface area contributed by atoms with Gasteiger partial charge in [-0.15, -0.1) is 0 Å². The molecule has 2 aliphatic heterocycles. The second-order valence-electron chi connectivity index (χ2n) is 10.8. The molecule has 9 nitrogen and oxygen atoms in total. The Labute approximate surface area is 237 Å². The van der Waals surface area contributed by atoms with Crippen molar-refractivity contribution in [1.29, 1.82) is 0 Å². The Kier molecular flexibility index (Phi) is 6.70. The molecule has 1 saturated heterocycles. The van der Waals surface area contributed by atoms with E-state index in [2.05, 4.69) is 39.2 Å². The van der Waals surface area contributed by atoms with E-state index >= 15 is 4.39 Å². The number of carbonyl (C=O) groups is 1. The Morgan fingerprint density at radius 1 is 1.18 bits per heavy atom. The molecule has 3 heterocycles. The van der Waals surface area contributed by atoms with E-state index in [1.165, 1.54) is 19.4 Å². The minimum Gasteiger partial charge on any atom is -0.494 e. The number of carbonyl (C=O) groups excluding carboxylic acids is 1. The van der Waals surface area contributed by atoms with Gasteiger partial charge >= 0.3 is 0 Å². The number of anilines is 3. The van der Waals surface area contributed by atoms with Gasteiger partial charge < -0.3 is 29.5 Å². The van der Waals surface area contributed by atoms with Gasteiger partial charge in [0.1, 0.15) is 22.3 Å². The summed E-state index contributed by atoms with van der Waals surface area (Å²) in [7, 11) is 7.51. The maximum Gasteiger partial charge on any atom is 0.258 e. The number of nitrogens with one attached hydrogen (secondary N) is 1. The standard InChI is InChI=1S/C29H32ClFN6O3/c1-35(2)17-8-12-37(13-9-17)22-15-24(39-4)21(14-20(22)31)33-28-32-16-19(30)26(34-28)40-23-7-5-6-18-25(23)27(38)36(3)29(18)10-11-29/h5-7,14-17H,8-13H2,1-4H3,(H,32,33,34). The predicted octanol–water partition coefficient (Wildman–Crippen LogP) is 5.42. The van der Waals surface area contributed by atoms with Crippen molar-refractivity contribution >= 4 is 34.8 Å². The summed E-state index contributed by atoms with van der Waals surface area (Å²) >= 11 is 6.39. The molecule has 11 heteroatoms. The topological polar surface area (TPSA) is 83.1 Å². The number of ether oxygens (including phenoxy) is 2. The minimum atomic E-state index is -0.367. The fraction of sp³-hybridized carbons (Fsp3) is 0.414. The summed E-state index contributed by atoms with van der Waals surface area (Å²) in [5, 5.41) is 3.21. The van der Waals surface area contributed by atoms with Crippen LogP contribution in [-0.4, -0.2) is 73.1 Å². The molecule has 40 heavy (non-hydrogen) atoms. The quantitative estimate of drug-likeness (QED) is 0.406. The summed E-state index contributed by atoms with van der Waals surface area (Å²) in [4.78, 5) is 27.8. The van der Waals surface area contributed by atoms with E-state index in [0.717, 1.165) is 44.3 Å². The molecule has 1 aromatic heterocycles. The highest BCUT2D eigenvalue weighted by molar-refractivity contribution is 6.31. The van der Waals surface area contributed by atoms with Gasteiger partial charge in [-0.05, 0) is 51.4 Å². The molecule has 3 aliphatic rings. The zero-order valence-corrected chi connectivity index (χ0v) is 23.8. The Bertz CT molecular complexity index is 1470. The van der Waals surface area contributed by atoms with Crippen LogP contribution in [0.4, 0.5) is 21.7 Å². The second-order valence-corrected chi connectivity index (χ2v) is 11.2. The number of nitrogens with zero attached hydrogens (tertiary/aromatic N) is 5. The van der Waals surface area contributed by atoms with Crippen LogP contribution >= 0.6 is 11.6 Å². The molecule has 1 saturated carbocycles. The third-order valence-electron chi connectivity index (χ3n) is 8.38. The number of benzene rings is 2. The van der Waals surface area contributed by atoms with Crippen molar-refractivity contribution in [3.8, 4) is 17.4 Å². The van der Waals surface area contributed by atoms with E-state index in [1.807, 2.05) is 19.2 Å². The number of fused-ring (bicyclic) bond motifs is 2. The molecule has 0 bridgehead atoms. The first kappa shape index (κ1) is 26.6. The molecule has 6 rings (SSSR count). The van der Waals surface area contributed by atoms with Gasteiger partial charge in [0.15, 0.2) is 0 Å². The van der Waals surface area contributed by atoms with Gasteiger partial charge in [-0.1, -0.05) is 23.7 Å². The average molecular weight is 567 g/mol. The molecule has 3 aromatic rings. The molecule has 1 aliphatic carbocycles. The first-order valence-electron chi connectivity index (χ1n) is 13.4. The van der Waals surface area contributed by atoms with Crippen LogP contribution in [0.2, 0.25) is 5.02 Å². The van der Waals surface area contributed by atoms with E-state index in [1.54, 1.807) is 17.0 Å². The molecule has 0 radical (unpaired) electrons. The van der Waals surface area contributed by atoms with E-state index in [0.29, 0.717) is 34.5 Å². The predicted molar refractivity (Wildman–Crippen MR) is 152 cm³/mol. The number of amides is 1. The van der Waals surface area contributed by atoms with Crippen LogP contribution in [0.1, 0.15) is 41.6 Å². The van der Waals surface area contributed by atoms with Crippen molar-refractivity contribution in [2.45, 2.75) is 37.3 Å². The second kappa shape index (κ2) is 10.1. The van der Waals surface area contributed by atoms with Crippen molar-refractivity contribution in [2.75, 3.05) is 51.6 Å². The molecule has 0 unspecified atom stereocenters. The highest BCUT2D eigenvalue weighted by Crippen LogP contribution is 2.57. The Morgan fingerprint density at radius 3 is 2.60 bits per heavy atom. The summed E-state index contributed by atoms with van der Waals surface area (Å²) in [5.41, 5.74) is 2.13. The molecule has 1 spiro atoms. The normalized spacial score (nSPS) is 17.9. The zero-order valence-electron chi connectivity index (χ0n) is 23.0. The van der Waals surface area contributed by atoms with Gasteiger partial charge in [0.25, 0.3) is 5.91 Å². The summed E-state index contributed by atoms with van der Waals surface area (Å²) in [6.07, 6.45) is 5.18. The fourth-order valence-electron chi connectivity index (χ4n) is 5.87. The van der Waals surface area contributed by atoms with Crippen LogP contribution in [0, 0.1) is 5.82 Å². The van der Waals surface area contributed by atoms with Gasteiger partial charge in [0.05, 0.1) is 35.8 Å². The van der Waals surface area contributed by atoms with E-state index < -0.39 is 0 Å². The monoisotopic (exact) mass is 566 g/mol. The number of hydrogen-bond donors (Lipinski definition) is 1. The summed E-state index contributed by atoms with van der Waals surface area (Å²) in [6, 6.07) is 9.15. The number of hydrogen-bond acceptors (Lipinski definition) is 8. The molecule has 2 aromatic carbocycles. The number of rotatable bonds is 7. The van der Waals surface area contributed by atoms with Crippen molar-refractivity contribution < 1.29 is 18.7 Å². The lowest BCUT2D eigenvalue weighted by atomic mass is 10.0. The van der Waals surface area contributed by atoms with Gasteiger partial charge in [-0.25, -0.2) is 9.37 Å². The summed E-state index contributed by atoms with van der Waals surface area (Å²) in [5.74, 6) is 0.615.